The Bertz CT molecular complexity index is 1240. The molecule has 8 heteroatoms. The number of benzene rings is 3. The van der Waals surface area contributed by atoms with E-state index in [-0.39, 0.29) is 11.4 Å². The van der Waals surface area contributed by atoms with Gasteiger partial charge in [0.05, 0.1) is 11.5 Å². The molecule has 1 fully saturated rings. The Labute approximate surface area is 194 Å². The van der Waals surface area contributed by atoms with Gasteiger partial charge in [0.2, 0.25) is 5.91 Å². The van der Waals surface area contributed by atoms with E-state index in [4.69, 9.17) is 16.3 Å². The Morgan fingerprint density at radius 3 is 2.59 bits per heavy atom. The first-order valence-electron chi connectivity index (χ1n) is 9.91. The Hall–Kier alpha value is -3.29. The minimum atomic E-state index is -0.512. The number of thioether (sulfide) groups is 1. The summed E-state index contributed by atoms with van der Waals surface area (Å²) in [6.07, 6.45) is 1.66. The number of fused-ring (bicyclic) bond motifs is 1. The molecule has 3 aromatic rings. The van der Waals surface area contributed by atoms with E-state index in [2.05, 4.69) is 5.32 Å². The SMILES string of the molecule is CCOc1ccc2ccccc2c1C=C1SC(=O)N(CC(=O)Nc2ccc(Cl)cc2)C1=O. The van der Waals surface area contributed by atoms with E-state index in [1.807, 2.05) is 43.3 Å². The van der Waals surface area contributed by atoms with E-state index < -0.39 is 17.1 Å². The lowest BCUT2D eigenvalue weighted by molar-refractivity contribution is -0.127. The fourth-order valence-corrected chi connectivity index (χ4v) is 4.30. The van der Waals surface area contributed by atoms with Crippen LogP contribution in [0.4, 0.5) is 10.5 Å². The molecule has 162 valence electrons. The Balaban J connectivity index is 1.58. The molecule has 0 atom stereocenters. The van der Waals surface area contributed by atoms with Gasteiger partial charge in [-0.2, -0.15) is 0 Å². The van der Waals surface area contributed by atoms with Gasteiger partial charge in [-0.15, -0.1) is 0 Å². The number of anilines is 1. The predicted molar refractivity (Wildman–Crippen MR) is 128 cm³/mol. The molecule has 1 aliphatic rings. The van der Waals surface area contributed by atoms with Crippen LogP contribution in [-0.2, 0) is 9.59 Å². The van der Waals surface area contributed by atoms with E-state index in [9.17, 15) is 14.4 Å². The summed E-state index contributed by atoms with van der Waals surface area (Å²) in [7, 11) is 0. The highest BCUT2D eigenvalue weighted by Gasteiger charge is 2.36. The normalized spacial score (nSPS) is 14.9. The largest absolute Gasteiger partial charge is 0.493 e. The number of halogens is 1. The second-order valence-corrected chi connectivity index (χ2v) is 8.38. The van der Waals surface area contributed by atoms with Gasteiger partial charge in [0.1, 0.15) is 12.3 Å². The Morgan fingerprint density at radius 2 is 1.84 bits per heavy atom. The number of carbonyl (C=O) groups excluding carboxylic acids is 3. The van der Waals surface area contributed by atoms with Crippen molar-refractivity contribution < 1.29 is 19.1 Å². The zero-order valence-electron chi connectivity index (χ0n) is 17.1. The van der Waals surface area contributed by atoms with E-state index >= 15 is 0 Å². The molecule has 0 spiro atoms. The van der Waals surface area contributed by atoms with Crippen molar-refractivity contribution in [3.63, 3.8) is 0 Å². The topological polar surface area (TPSA) is 75.7 Å². The summed E-state index contributed by atoms with van der Waals surface area (Å²) in [5.41, 5.74) is 1.25. The molecular formula is C24H19ClN2O4S. The molecule has 0 aliphatic carbocycles. The molecule has 0 radical (unpaired) electrons. The lowest BCUT2D eigenvalue weighted by Gasteiger charge is -2.13. The van der Waals surface area contributed by atoms with Gasteiger partial charge in [-0.1, -0.05) is 41.9 Å². The molecule has 6 nitrogen and oxygen atoms in total. The monoisotopic (exact) mass is 466 g/mol. The molecule has 4 rings (SSSR count). The van der Waals surface area contributed by atoms with Crippen LogP contribution in [0, 0.1) is 0 Å². The van der Waals surface area contributed by atoms with E-state index in [0.717, 1.165) is 33.0 Å². The van der Waals surface area contributed by atoms with Crippen LogP contribution in [0.1, 0.15) is 12.5 Å². The van der Waals surface area contributed by atoms with Gasteiger partial charge < -0.3 is 10.1 Å². The second kappa shape index (κ2) is 9.46. The lowest BCUT2D eigenvalue weighted by atomic mass is 10.0. The fourth-order valence-electron chi connectivity index (χ4n) is 3.35. The number of rotatable bonds is 6. The minimum absolute atomic E-state index is 0.242. The first kappa shape index (κ1) is 21.9. The Morgan fingerprint density at radius 1 is 1.09 bits per heavy atom. The molecule has 1 saturated heterocycles. The third kappa shape index (κ3) is 4.64. The molecule has 1 N–H and O–H groups in total. The Kier molecular flexibility index (Phi) is 6.48. The first-order valence-corrected chi connectivity index (χ1v) is 11.1. The molecule has 0 aromatic heterocycles. The smallest absolute Gasteiger partial charge is 0.294 e. The number of hydrogen-bond acceptors (Lipinski definition) is 5. The summed E-state index contributed by atoms with van der Waals surface area (Å²) in [5.74, 6) is -0.365. The maximum atomic E-state index is 12.9. The van der Waals surface area contributed by atoms with Crippen LogP contribution in [0.5, 0.6) is 5.75 Å². The van der Waals surface area contributed by atoms with Gasteiger partial charge >= 0.3 is 0 Å². The van der Waals surface area contributed by atoms with E-state index in [0.29, 0.717) is 23.1 Å². The second-order valence-electron chi connectivity index (χ2n) is 6.95. The number of imide groups is 1. The summed E-state index contributed by atoms with van der Waals surface area (Å²) in [6.45, 7) is 1.97. The van der Waals surface area contributed by atoms with Crippen LogP contribution in [-0.4, -0.2) is 35.1 Å². The fraction of sp³-hybridized carbons (Fsp3) is 0.125. The third-order valence-corrected chi connectivity index (χ3v) is 5.97. The third-order valence-electron chi connectivity index (χ3n) is 4.81. The summed E-state index contributed by atoms with van der Waals surface area (Å²) in [6, 6.07) is 18.1. The molecular weight excluding hydrogens is 448 g/mol. The maximum Gasteiger partial charge on any atom is 0.294 e. The first-order chi connectivity index (χ1) is 15.5. The van der Waals surface area contributed by atoms with Crippen molar-refractivity contribution >= 4 is 63.0 Å². The van der Waals surface area contributed by atoms with Crippen molar-refractivity contribution in [1.82, 2.24) is 4.90 Å². The minimum Gasteiger partial charge on any atom is -0.493 e. The van der Waals surface area contributed by atoms with E-state index in [1.165, 1.54) is 0 Å². The number of nitrogens with one attached hydrogen (secondary N) is 1. The van der Waals surface area contributed by atoms with Gasteiger partial charge in [-0.25, -0.2) is 0 Å². The van der Waals surface area contributed by atoms with Crippen LogP contribution in [0.25, 0.3) is 16.8 Å². The van der Waals surface area contributed by atoms with Gasteiger partial charge in [0.15, 0.2) is 0 Å². The quantitative estimate of drug-likeness (QED) is 0.481. The highest BCUT2D eigenvalue weighted by atomic mass is 35.5. The van der Waals surface area contributed by atoms with Gasteiger partial charge in [-0.3, -0.25) is 19.3 Å². The van der Waals surface area contributed by atoms with Crippen molar-refractivity contribution in [3.8, 4) is 5.75 Å². The lowest BCUT2D eigenvalue weighted by Crippen LogP contribution is -2.36. The summed E-state index contributed by atoms with van der Waals surface area (Å²) in [5, 5.41) is 4.60. The van der Waals surface area contributed by atoms with Gasteiger partial charge in [0.25, 0.3) is 11.1 Å². The number of hydrogen-bond donors (Lipinski definition) is 1. The summed E-state index contributed by atoms with van der Waals surface area (Å²) >= 11 is 6.65. The predicted octanol–water partition coefficient (Wildman–Crippen LogP) is 5.57. The molecule has 3 aromatic carbocycles. The number of carbonyl (C=O) groups is 3. The molecule has 32 heavy (non-hydrogen) atoms. The van der Waals surface area contributed by atoms with Crippen molar-refractivity contribution in [1.29, 1.82) is 0 Å². The zero-order chi connectivity index (χ0) is 22.7. The molecule has 0 saturated carbocycles. The van der Waals surface area contributed by atoms with Crippen LogP contribution in [0.2, 0.25) is 5.02 Å². The van der Waals surface area contributed by atoms with Crippen LogP contribution in [0.15, 0.2) is 65.6 Å². The summed E-state index contributed by atoms with van der Waals surface area (Å²) in [4.78, 5) is 39.0. The molecule has 0 bridgehead atoms. The molecule has 3 amide bonds. The highest BCUT2D eigenvalue weighted by Crippen LogP contribution is 2.36. The zero-order valence-corrected chi connectivity index (χ0v) is 18.7. The van der Waals surface area contributed by atoms with Gasteiger partial charge in [-0.05, 0) is 65.9 Å². The average molecular weight is 467 g/mol. The van der Waals surface area contributed by atoms with Crippen molar-refractivity contribution in [2.45, 2.75) is 6.92 Å². The number of amides is 3. The molecule has 1 aliphatic heterocycles. The van der Waals surface area contributed by atoms with Crippen molar-refractivity contribution in [2.75, 3.05) is 18.5 Å². The highest BCUT2D eigenvalue weighted by molar-refractivity contribution is 8.18. The van der Waals surface area contributed by atoms with Crippen LogP contribution in [0.3, 0.4) is 0 Å². The average Bonchev–Trinajstić information content (AvgIpc) is 3.04. The van der Waals surface area contributed by atoms with Crippen LogP contribution < -0.4 is 10.1 Å². The standard InChI is InChI=1S/C24H19ClN2O4S/c1-2-31-20-12-7-15-5-3-4-6-18(15)19(20)13-21-23(29)27(24(30)32-21)14-22(28)26-17-10-8-16(25)9-11-17/h3-13H,2,14H2,1H3,(H,26,28). The number of nitrogens with zero attached hydrogens (tertiary/aromatic N) is 1. The van der Waals surface area contributed by atoms with E-state index in [1.54, 1.807) is 30.3 Å². The molecule has 1 heterocycles. The maximum absolute atomic E-state index is 12.9. The number of ether oxygens (including phenoxy) is 1. The van der Waals surface area contributed by atoms with Crippen LogP contribution >= 0.6 is 23.4 Å². The molecule has 0 unspecified atom stereocenters. The summed E-state index contributed by atoms with van der Waals surface area (Å²) < 4.78 is 5.75. The van der Waals surface area contributed by atoms with Gasteiger partial charge in [0, 0.05) is 16.3 Å². The van der Waals surface area contributed by atoms with Crippen molar-refractivity contribution in [2.24, 2.45) is 0 Å². The van der Waals surface area contributed by atoms with Crippen molar-refractivity contribution in [3.05, 3.63) is 76.2 Å².